The molecular formula is C2H7N3OSe. The molecule has 0 radical (unpaired) electrons. The minimum atomic E-state index is -0.477. The van der Waals surface area contributed by atoms with E-state index in [4.69, 9.17) is 5.73 Å². The summed E-state index contributed by atoms with van der Waals surface area (Å²) in [6, 6.07) is -0.477. The first kappa shape index (κ1) is 6.75. The number of amides is 2. The van der Waals surface area contributed by atoms with E-state index >= 15 is 0 Å². The maximum atomic E-state index is 9.84. The monoisotopic (exact) mass is 169 g/mol. The van der Waals surface area contributed by atoms with Gasteiger partial charge in [-0.1, -0.05) is 0 Å². The van der Waals surface area contributed by atoms with Gasteiger partial charge in [0.2, 0.25) is 0 Å². The summed E-state index contributed by atoms with van der Waals surface area (Å²) in [6.07, 6.45) is 0. The molecule has 7 heavy (non-hydrogen) atoms. The van der Waals surface area contributed by atoms with Gasteiger partial charge in [-0.05, 0) is 0 Å². The Balaban J connectivity index is 2.82. The molecule has 0 aromatic heterocycles. The second-order valence-electron chi connectivity index (χ2n) is 0.772. The van der Waals surface area contributed by atoms with Crippen molar-refractivity contribution in [1.82, 2.24) is 8.67 Å². The average molecular weight is 168 g/mol. The van der Waals surface area contributed by atoms with E-state index in [1.54, 1.807) is 7.05 Å². The molecule has 0 aromatic rings. The minimum absolute atomic E-state index is 0.0359. The third-order valence-corrected chi connectivity index (χ3v) is 1.32. The van der Waals surface area contributed by atoms with Crippen LogP contribution in [0, 0.1) is 0 Å². The standard InChI is InChI=1S/C2H7N3OSe/c1-4-7-5-2(3)6/h4H,1H3,(H3,3,5,6). The van der Waals surface area contributed by atoms with Crippen molar-refractivity contribution >= 4 is 21.4 Å². The van der Waals surface area contributed by atoms with Gasteiger partial charge in [0, 0.05) is 0 Å². The molecule has 0 saturated heterocycles. The number of carbonyl (C=O) groups excluding carboxylic acids is 1. The van der Waals surface area contributed by atoms with Gasteiger partial charge in [-0.3, -0.25) is 0 Å². The van der Waals surface area contributed by atoms with E-state index in [0.717, 1.165) is 0 Å². The molecule has 0 aliphatic carbocycles. The van der Waals surface area contributed by atoms with Crippen molar-refractivity contribution in [3.63, 3.8) is 0 Å². The summed E-state index contributed by atoms with van der Waals surface area (Å²) in [5.41, 5.74) is 4.70. The van der Waals surface area contributed by atoms with Gasteiger partial charge in [-0.25, -0.2) is 0 Å². The average Bonchev–Trinajstić information content (AvgIpc) is 1.61. The van der Waals surface area contributed by atoms with Crippen LogP contribution in [0.15, 0.2) is 0 Å². The molecule has 0 unspecified atom stereocenters. The molecule has 0 aliphatic heterocycles. The van der Waals surface area contributed by atoms with Crippen LogP contribution in [0.4, 0.5) is 4.79 Å². The van der Waals surface area contributed by atoms with Crippen molar-refractivity contribution in [1.29, 1.82) is 0 Å². The number of nitrogens with one attached hydrogen (secondary N) is 2. The van der Waals surface area contributed by atoms with Crippen LogP contribution in [0.5, 0.6) is 0 Å². The maximum absolute atomic E-state index is 9.84. The zero-order chi connectivity index (χ0) is 5.70. The van der Waals surface area contributed by atoms with Gasteiger partial charge in [0.15, 0.2) is 0 Å². The second kappa shape index (κ2) is 3.92. The normalized spacial score (nSPS) is 8.14. The van der Waals surface area contributed by atoms with Gasteiger partial charge < -0.3 is 0 Å². The number of hydrogen-bond donors (Lipinski definition) is 3. The van der Waals surface area contributed by atoms with Gasteiger partial charge in [0.05, 0.1) is 0 Å². The van der Waals surface area contributed by atoms with Crippen LogP contribution in [0.25, 0.3) is 0 Å². The quantitative estimate of drug-likeness (QED) is 0.435. The Morgan fingerprint density at radius 1 is 1.86 bits per heavy atom. The Kier molecular flexibility index (Phi) is 3.78. The molecular weight excluding hydrogens is 161 g/mol. The molecule has 2 amide bonds. The fraction of sp³-hybridized carbons (Fsp3) is 0.500. The molecule has 0 atom stereocenters. The van der Waals surface area contributed by atoms with Gasteiger partial charge in [0.1, 0.15) is 0 Å². The summed E-state index contributed by atoms with van der Waals surface area (Å²) in [5.74, 6) is 0. The Morgan fingerprint density at radius 2 is 2.43 bits per heavy atom. The van der Waals surface area contributed by atoms with Gasteiger partial charge >= 0.3 is 47.7 Å². The van der Waals surface area contributed by atoms with E-state index in [1.807, 2.05) is 0 Å². The number of carbonyl (C=O) groups is 1. The summed E-state index contributed by atoms with van der Waals surface area (Å²) in [7, 11) is 1.75. The van der Waals surface area contributed by atoms with Gasteiger partial charge in [-0.15, -0.1) is 0 Å². The number of nitrogens with two attached hydrogens (primary N) is 1. The summed E-state index contributed by atoms with van der Waals surface area (Å²) in [5, 5.41) is 0. The molecule has 0 aliphatic rings. The molecule has 42 valence electrons. The third-order valence-electron chi connectivity index (χ3n) is 0.254. The molecule has 0 rings (SSSR count). The van der Waals surface area contributed by atoms with E-state index in [0.29, 0.717) is 0 Å². The zero-order valence-electron chi connectivity index (χ0n) is 3.89. The fourth-order valence-electron chi connectivity index (χ4n) is 0.101. The van der Waals surface area contributed by atoms with Crippen LogP contribution in [0.3, 0.4) is 0 Å². The van der Waals surface area contributed by atoms with E-state index in [9.17, 15) is 4.79 Å². The number of primary amides is 1. The third kappa shape index (κ3) is 5.75. The molecule has 4 N–H and O–H groups in total. The van der Waals surface area contributed by atoms with Crippen molar-refractivity contribution in [2.75, 3.05) is 7.05 Å². The first-order chi connectivity index (χ1) is 3.27. The topological polar surface area (TPSA) is 67.2 Å². The Bertz CT molecular complexity index is 66.0. The van der Waals surface area contributed by atoms with Crippen molar-refractivity contribution in [3.8, 4) is 0 Å². The van der Waals surface area contributed by atoms with Crippen molar-refractivity contribution in [2.45, 2.75) is 0 Å². The van der Waals surface area contributed by atoms with Crippen LogP contribution < -0.4 is 14.4 Å². The van der Waals surface area contributed by atoms with Gasteiger partial charge in [-0.2, -0.15) is 0 Å². The van der Waals surface area contributed by atoms with Gasteiger partial charge in [0.25, 0.3) is 0 Å². The molecule has 0 bridgehead atoms. The van der Waals surface area contributed by atoms with Crippen LogP contribution in [-0.2, 0) is 0 Å². The van der Waals surface area contributed by atoms with E-state index in [2.05, 4.69) is 8.67 Å². The molecule has 0 spiro atoms. The zero-order valence-corrected chi connectivity index (χ0v) is 5.61. The van der Waals surface area contributed by atoms with E-state index in [1.165, 1.54) is 0 Å². The number of hydrogen-bond acceptors (Lipinski definition) is 2. The first-order valence-corrected chi connectivity index (χ1v) is 3.36. The van der Waals surface area contributed by atoms with Crippen molar-refractivity contribution < 1.29 is 4.79 Å². The second-order valence-corrected chi connectivity index (χ2v) is 2.49. The van der Waals surface area contributed by atoms with Crippen LogP contribution >= 0.6 is 0 Å². The van der Waals surface area contributed by atoms with E-state index < -0.39 is 6.03 Å². The summed E-state index contributed by atoms with van der Waals surface area (Å²) in [4.78, 5) is 9.84. The first-order valence-electron chi connectivity index (χ1n) is 1.65. The molecule has 0 aromatic carbocycles. The number of urea groups is 1. The summed E-state index contributed by atoms with van der Waals surface area (Å²) < 4.78 is 5.14. The molecule has 0 heterocycles. The molecule has 0 fully saturated rings. The Labute approximate surface area is 48.4 Å². The van der Waals surface area contributed by atoms with Crippen molar-refractivity contribution in [3.05, 3.63) is 0 Å². The summed E-state index contributed by atoms with van der Waals surface area (Å²) >= 11 is -0.0359. The number of rotatable bonds is 2. The Hall–Kier alpha value is -0.251. The van der Waals surface area contributed by atoms with Crippen LogP contribution in [0.2, 0.25) is 0 Å². The molecule has 5 heteroatoms. The SMILES string of the molecule is CN[Se]NC(N)=O. The van der Waals surface area contributed by atoms with Crippen LogP contribution in [0.1, 0.15) is 0 Å². The fourth-order valence-corrected chi connectivity index (χ4v) is 0.527. The Morgan fingerprint density at radius 3 is 2.57 bits per heavy atom. The predicted molar refractivity (Wildman–Crippen MR) is 27.5 cm³/mol. The summed E-state index contributed by atoms with van der Waals surface area (Å²) in [6.45, 7) is 0. The molecule has 4 nitrogen and oxygen atoms in total. The predicted octanol–water partition coefficient (Wildman–Crippen LogP) is -1.59. The molecule has 0 saturated carbocycles. The van der Waals surface area contributed by atoms with Crippen LogP contribution in [-0.4, -0.2) is 28.5 Å². The van der Waals surface area contributed by atoms with E-state index in [-0.39, 0.29) is 15.4 Å². The van der Waals surface area contributed by atoms with Crippen molar-refractivity contribution in [2.24, 2.45) is 5.73 Å².